The van der Waals surface area contributed by atoms with Gasteiger partial charge in [-0.05, 0) is 35.9 Å². The Hall–Kier alpha value is -2.34. The Kier molecular flexibility index (Phi) is 4.11. The number of nitrogens with one attached hydrogen (secondary N) is 2. The number of benzene rings is 2. The molecule has 6 heteroatoms. The zero-order chi connectivity index (χ0) is 15.5. The molecular formula is C16H13BrN2O3. The summed E-state index contributed by atoms with van der Waals surface area (Å²) in [5.74, 6) is 0.123. The van der Waals surface area contributed by atoms with Crippen molar-refractivity contribution < 1.29 is 14.3 Å². The molecule has 2 amide bonds. The Balaban J connectivity index is 1.69. The van der Waals surface area contributed by atoms with Gasteiger partial charge in [0.15, 0.2) is 6.61 Å². The fourth-order valence-corrected chi connectivity index (χ4v) is 2.59. The van der Waals surface area contributed by atoms with E-state index >= 15 is 0 Å². The summed E-state index contributed by atoms with van der Waals surface area (Å²) >= 11 is 3.40. The highest BCUT2D eigenvalue weighted by Gasteiger charge is 2.17. The van der Waals surface area contributed by atoms with Gasteiger partial charge in [-0.3, -0.25) is 9.59 Å². The van der Waals surface area contributed by atoms with Crippen molar-refractivity contribution in [2.45, 2.75) is 6.54 Å². The van der Waals surface area contributed by atoms with Gasteiger partial charge in [0.05, 0.1) is 5.69 Å². The largest absolute Gasteiger partial charge is 0.482 e. The van der Waals surface area contributed by atoms with Gasteiger partial charge < -0.3 is 15.4 Å². The number of anilines is 1. The first-order valence-electron chi connectivity index (χ1n) is 6.71. The van der Waals surface area contributed by atoms with Crippen molar-refractivity contribution in [1.82, 2.24) is 5.32 Å². The van der Waals surface area contributed by atoms with E-state index in [0.717, 1.165) is 10.0 Å². The maximum absolute atomic E-state index is 12.2. The molecule has 2 N–H and O–H groups in total. The second-order valence-electron chi connectivity index (χ2n) is 4.86. The molecule has 0 bridgehead atoms. The number of hydrogen-bond acceptors (Lipinski definition) is 3. The normalized spacial score (nSPS) is 12.9. The van der Waals surface area contributed by atoms with E-state index in [1.165, 1.54) is 0 Å². The molecule has 5 nitrogen and oxygen atoms in total. The average molecular weight is 361 g/mol. The number of carbonyl (C=O) groups is 2. The first-order chi connectivity index (χ1) is 10.6. The molecule has 2 aromatic rings. The van der Waals surface area contributed by atoms with E-state index < -0.39 is 0 Å². The third-order valence-electron chi connectivity index (χ3n) is 3.22. The Morgan fingerprint density at radius 3 is 2.95 bits per heavy atom. The molecule has 1 heterocycles. The minimum absolute atomic E-state index is 0.0316. The number of hydrogen-bond donors (Lipinski definition) is 2. The molecule has 3 rings (SSSR count). The van der Waals surface area contributed by atoms with Crippen LogP contribution in [-0.4, -0.2) is 18.4 Å². The smallest absolute Gasteiger partial charge is 0.262 e. The van der Waals surface area contributed by atoms with Crippen molar-refractivity contribution in [1.29, 1.82) is 0 Å². The molecule has 1 aliphatic rings. The van der Waals surface area contributed by atoms with Gasteiger partial charge in [0, 0.05) is 16.6 Å². The zero-order valence-corrected chi connectivity index (χ0v) is 13.1. The van der Waals surface area contributed by atoms with E-state index in [-0.39, 0.29) is 18.4 Å². The highest BCUT2D eigenvalue weighted by Crippen LogP contribution is 2.28. The van der Waals surface area contributed by atoms with Crippen LogP contribution in [-0.2, 0) is 11.3 Å². The summed E-state index contributed by atoms with van der Waals surface area (Å²) in [7, 11) is 0. The van der Waals surface area contributed by atoms with Crippen molar-refractivity contribution in [3.05, 3.63) is 58.1 Å². The first kappa shape index (κ1) is 14.6. The van der Waals surface area contributed by atoms with Crippen LogP contribution in [0, 0.1) is 0 Å². The Morgan fingerprint density at radius 2 is 2.14 bits per heavy atom. The highest BCUT2D eigenvalue weighted by atomic mass is 79.9. The van der Waals surface area contributed by atoms with E-state index in [1.54, 1.807) is 18.2 Å². The molecule has 1 aliphatic heterocycles. The van der Waals surface area contributed by atoms with Crippen LogP contribution in [0.3, 0.4) is 0 Å². The molecule has 22 heavy (non-hydrogen) atoms. The molecular weight excluding hydrogens is 348 g/mol. The molecule has 0 saturated heterocycles. The second-order valence-corrected chi connectivity index (χ2v) is 5.78. The second kappa shape index (κ2) is 6.19. The van der Waals surface area contributed by atoms with Gasteiger partial charge in [-0.15, -0.1) is 0 Å². The summed E-state index contributed by atoms with van der Waals surface area (Å²) in [6.45, 7) is 0.406. The van der Waals surface area contributed by atoms with Crippen LogP contribution in [0.25, 0.3) is 0 Å². The number of carbonyl (C=O) groups excluding carboxylic acids is 2. The van der Waals surface area contributed by atoms with E-state index in [9.17, 15) is 9.59 Å². The summed E-state index contributed by atoms with van der Waals surface area (Å²) in [5.41, 5.74) is 2.08. The molecule has 0 radical (unpaired) electrons. The zero-order valence-electron chi connectivity index (χ0n) is 11.6. The van der Waals surface area contributed by atoms with Crippen molar-refractivity contribution >= 4 is 33.4 Å². The first-order valence-corrected chi connectivity index (χ1v) is 7.50. The van der Waals surface area contributed by atoms with Gasteiger partial charge in [-0.1, -0.05) is 28.1 Å². The molecule has 0 aromatic heterocycles. The van der Waals surface area contributed by atoms with E-state index in [0.29, 0.717) is 23.5 Å². The topological polar surface area (TPSA) is 67.4 Å². The van der Waals surface area contributed by atoms with Crippen LogP contribution in [0.4, 0.5) is 5.69 Å². The predicted octanol–water partition coefficient (Wildman–Crippen LogP) is 2.71. The van der Waals surface area contributed by atoms with Crippen molar-refractivity contribution in [2.24, 2.45) is 0 Å². The lowest BCUT2D eigenvalue weighted by atomic mass is 10.1. The maximum Gasteiger partial charge on any atom is 0.262 e. The summed E-state index contributed by atoms with van der Waals surface area (Å²) < 4.78 is 6.28. The van der Waals surface area contributed by atoms with E-state index in [4.69, 9.17) is 4.74 Å². The van der Waals surface area contributed by atoms with E-state index in [2.05, 4.69) is 26.6 Å². The third-order valence-corrected chi connectivity index (χ3v) is 3.71. The Morgan fingerprint density at radius 1 is 1.27 bits per heavy atom. The SMILES string of the molecule is O=C1COc2cc(C(=O)NCc3cccc(Br)c3)ccc2N1. The number of amides is 2. The third kappa shape index (κ3) is 3.28. The van der Waals surface area contributed by atoms with Gasteiger partial charge in [-0.25, -0.2) is 0 Å². The Bertz CT molecular complexity index is 746. The number of ether oxygens (including phenoxy) is 1. The standard InChI is InChI=1S/C16H13BrN2O3/c17-12-3-1-2-10(6-12)8-18-16(21)11-4-5-13-14(7-11)22-9-15(20)19-13/h1-7H,8-9H2,(H,18,21)(H,19,20). The van der Waals surface area contributed by atoms with E-state index in [1.807, 2.05) is 24.3 Å². The van der Waals surface area contributed by atoms with Gasteiger partial charge in [0.2, 0.25) is 0 Å². The van der Waals surface area contributed by atoms with Gasteiger partial charge in [-0.2, -0.15) is 0 Å². The van der Waals surface area contributed by atoms with Crippen molar-refractivity contribution in [3.63, 3.8) is 0 Å². The number of halogens is 1. The fraction of sp³-hybridized carbons (Fsp3) is 0.125. The molecule has 0 saturated carbocycles. The van der Waals surface area contributed by atoms with Gasteiger partial charge in [0.25, 0.3) is 11.8 Å². The lowest BCUT2D eigenvalue weighted by Crippen LogP contribution is -2.26. The van der Waals surface area contributed by atoms with Crippen LogP contribution in [0.1, 0.15) is 15.9 Å². The van der Waals surface area contributed by atoms with Crippen LogP contribution in [0.15, 0.2) is 46.9 Å². The summed E-state index contributed by atoms with van der Waals surface area (Å²) in [6.07, 6.45) is 0. The lowest BCUT2D eigenvalue weighted by Gasteiger charge is -2.18. The molecule has 0 fully saturated rings. The molecule has 0 unspecified atom stereocenters. The Labute approximate surface area is 135 Å². The summed E-state index contributed by atoms with van der Waals surface area (Å²) in [6, 6.07) is 12.7. The summed E-state index contributed by atoms with van der Waals surface area (Å²) in [4.78, 5) is 23.4. The van der Waals surface area contributed by atoms with Crippen LogP contribution in [0.5, 0.6) is 5.75 Å². The molecule has 0 atom stereocenters. The maximum atomic E-state index is 12.2. The highest BCUT2D eigenvalue weighted by molar-refractivity contribution is 9.10. The fourth-order valence-electron chi connectivity index (χ4n) is 2.15. The molecule has 112 valence electrons. The van der Waals surface area contributed by atoms with Gasteiger partial charge in [0.1, 0.15) is 5.75 Å². The number of rotatable bonds is 3. The van der Waals surface area contributed by atoms with Crippen molar-refractivity contribution in [2.75, 3.05) is 11.9 Å². The van der Waals surface area contributed by atoms with Crippen LogP contribution in [0.2, 0.25) is 0 Å². The predicted molar refractivity (Wildman–Crippen MR) is 85.9 cm³/mol. The molecule has 0 aliphatic carbocycles. The monoisotopic (exact) mass is 360 g/mol. The lowest BCUT2D eigenvalue weighted by molar-refractivity contribution is -0.118. The average Bonchev–Trinajstić information content (AvgIpc) is 2.52. The quantitative estimate of drug-likeness (QED) is 0.884. The van der Waals surface area contributed by atoms with Gasteiger partial charge >= 0.3 is 0 Å². The summed E-state index contributed by atoms with van der Waals surface area (Å²) in [5, 5.41) is 5.54. The van der Waals surface area contributed by atoms with Crippen LogP contribution < -0.4 is 15.4 Å². The molecule has 0 spiro atoms. The van der Waals surface area contributed by atoms with Crippen molar-refractivity contribution in [3.8, 4) is 5.75 Å². The number of fused-ring (bicyclic) bond motifs is 1. The van der Waals surface area contributed by atoms with Crippen LogP contribution >= 0.6 is 15.9 Å². The minimum Gasteiger partial charge on any atom is -0.482 e. The minimum atomic E-state index is -0.195. The molecule has 2 aromatic carbocycles.